The topological polar surface area (TPSA) is 81.9 Å². The third-order valence-corrected chi connectivity index (χ3v) is 0.949. The molecule has 70 valence electrons. The largest absolute Gasteiger partial charge is 0.373 e. The Balaban J connectivity index is 3.51. The lowest BCUT2D eigenvalue weighted by atomic mass is 10.3. The summed E-state index contributed by atoms with van der Waals surface area (Å²) in [6, 6.07) is 0. The molecule has 0 amide bonds. The highest BCUT2D eigenvalue weighted by Crippen LogP contribution is 1.94. The summed E-state index contributed by atoms with van der Waals surface area (Å²) in [6.45, 7) is 0. The van der Waals surface area contributed by atoms with E-state index in [0.717, 1.165) is 0 Å². The van der Waals surface area contributed by atoms with Crippen LogP contribution in [0, 0.1) is 0 Å². The van der Waals surface area contributed by atoms with E-state index >= 15 is 0 Å². The lowest BCUT2D eigenvalue weighted by Crippen LogP contribution is -2.20. The van der Waals surface area contributed by atoms with Gasteiger partial charge in [-0.3, -0.25) is 9.59 Å². The van der Waals surface area contributed by atoms with Crippen molar-refractivity contribution in [1.82, 2.24) is 5.06 Å². The predicted octanol–water partition coefficient (Wildman–Crippen LogP) is -0.797. The monoisotopic (exact) mass is 176 g/mol. The number of carbonyl (C=O) groups excluding carboxylic acids is 2. The zero-order valence-corrected chi connectivity index (χ0v) is 7.07. The van der Waals surface area contributed by atoms with Gasteiger partial charge in [0.15, 0.2) is 0 Å². The van der Waals surface area contributed by atoms with Crippen LogP contribution in [0.25, 0.3) is 0 Å². The van der Waals surface area contributed by atoms with E-state index in [1.807, 2.05) is 0 Å². The molecule has 0 saturated carbocycles. The number of hydrogen-bond acceptors (Lipinski definition) is 6. The molecule has 0 aromatic carbocycles. The summed E-state index contributed by atoms with van der Waals surface area (Å²) in [5.74, 6) is 3.42. The van der Waals surface area contributed by atoms with Crippen LogP contribution >= 0.6 is 0 Å². The molecule has 0 rings (SSSR count). The molecule has 0 unspecified atom stereocenters. The number of nitrogens with zero attached hydrogens (tertiary/aromatic N) is 1. The third-order valence-electron chi connectivity index (χ3n) is 0.949. The summed E-state index contributed by atoms with van der Waals surface area (Å²) < 4.78 is 0. The Morgan fingerprint density at radius 2 is 1.75 bits per heavy atom. The molecule has 0 aliphatic heterocycles. The molecule has 2 N–H and O–H groups in total. The predicted molar refractivity (Wildman–Crippen MR) is 39.3 cm³/mol. The van der Waals surface area contributed by atoms with Gasteiger partial charge in [-0.05, 0) is 0 Å². The maximum Gasteiger partial charge on any atom is 0.325 e. The van der Waals surface area contributed by atoms with Gasteiger partial charge in [-0.1, -0.05) is 0 Å². The van der Waals surface area contributed by atoms with Crippen LogP contribution in [0.5, 0.6) is 0 Å². The lowest BCUT2D eigenvalue weighted by Gasteiger charge is -2.08. The minimum atomic E-state index is -0.634. The van der Waals surface area contributed by atoms with E-state index in [2.05, 4.69) is 15.6 Å². The fraction of sp³-hybridized carbons (Fsp3) is 0.667. The standard InChI is InChI=1S/C6H12N2O4/c1-8(2)12-6(10)4-3-5(9)11-7/h3-4,7H2,1-2H3. The SMILES string of the molecule is CN(C)OC(=O)CCC(=O)ON. The molecular weight excluding hydrogens is 164 g/mol. The number of hydrogen-bond donors (Lipinski definition) is 1. The Kier molecular flexibility index (Phi) is 4.98. The fourth-order valence-corrected chi connectivity index (χ4v) is 0.512. The van der Waals surface area contributed by atoms with Crippen LogP contribution in [0.3, 0.4) is 0 Å². The highest BCUT2D eigenvalue weighted by Gasteiger charge is 2.08. The average molecular weight is 176 g/mol. The highest BCUT2D eigenvalue weighted by atomic mass is 16.7. The summed E-state index contributed by atoms with van der Waals surface area (Å²) in [6.07, 6.45) is -0.0998. The van der Waals surface area contributed by atoms with Gasteiger partial charge in [0, 0.05) is 14.1 Å². The molecule has 0 bridgehead atoms. The average Bonchev–Trinajstić information content (AvgIpc) is 1.99. The second-order valence-corrected chi connectivity index (χ2v) is 2.27. The van der Waals surface area contributed by atoms with E-state index in [0.29, 0.717) is 0 Å². The van der Waals surface area contributed by atoms with Crippen molar-refractivity contribution in [3.8, 4) is 0 Å². The molecule has 0 saturated heterocycles. The summed E-state index contributed by atoms with van der Waals surface area (Å²) in [4.78, 5) is 29.6. The van der Waals surface area contributed by atoms with E-state index in [1.54, 1.807) is 14.1 Å². The van der Waals surface area contributed by atoms with Crippen molar-refractivity contribution in [2.45, 2.75) is 12.8 Å². The zero-order valence-electron chi connectivity index (χ0n) is 7.07. The van der Waals surface area contributed by atoms with Crippen molar-refractivity contribution in [3.63, 3.8) is 0 Å². The number of nitrogens with two attached hydrogens (primary N) is 1. The lowest BCUT2D eigenvalue weighted by molar-refractivity contribution is -0.179. The molecule has 0 aliphatic carbocycles. The van der Waals surface area contributed by atoms with Crippen molar-refractivity contribution >= 4 is 11.9 Å². The van der Waals surface area contributed by atoms with Crippen LogP contribution < -0.4 is 5.90 Å². The highest BCUT2D eigenvalue weighted by molar-refractivity contribution is 5.77. The molecule has 0 aliphatic rings. The van der Waals surface area contributed by atoms with E-state index in [-0.39, 0.29) is 12.8 Å². The molecule has 0 atom stereocenters. The molecule has 0 heterocycles. The van der Waals surface area contributed by atoms with Crippen molar-refractivity contribution < 1.29 is 19.3 Å². The Labute approximate surface area is 70.1 Å². The van der Waals surface area contributed by atoms with Gasteiger partial charge in [-0.25, -0.2) is 0 Å². The molecule has 12 heavy (non-hydrogen) atoms. The van der Waals surface area contributed by atoms with Crippen LogP contribution in [0.2, 0.25) is 0 Å². The number of rotatable bonds is 4. The number of hydroxylamine groups is 2. The molecule has 6 nitrogen and oxygen atoms in total. The molecule has 6 heteroatoms. The van der Waals surface area contributed by atoms with Gasteiger partial charge in [0.05, 0.1) is 12.8 Å². The van der Waals surface area contributed by atoms with Crippen LogP contribution in [0.1, 0.15) is 12.8 Å². The maximum atomic E-state index is 10.8. The van der Waals surface area contributed by atoms with E-state index in [9.17, 15) is 9.59 Å². The first-order chi connectivity index (χ1) is 5.56. The summed E-state index contributed by atoms with van der Waals surface area (Å²) in [5, 5.41) is 1.25. The zero-order chi connectivity index (χ0) is 9.56. The van der Waals surface area contributed by atoms with E-state index < -0.39 is 11.9 Å². The van der Waals surface area contributed by atoms with Crippen LogP contribution in [0.15, 0.2) is 0 Å². The van der Waals surface area contributed by atoms with Crippen LogP contribution in [-0.4, -0.2) is 31.1 Å². The van der Waals surface area contributed by atoms with Crippen molar-refractivity contribution in [3.05, 3.63) is 0 Å². The minimum Gasteiger partial charge on any atom is -0.373 e. The van der Waals surface area contributed by atoms with Crippen molar-refractivity contribution in [2.75, 3.05) is 14.1 Å². The molecule has 0 fully saturated rings. The first-order valence-electron chi connectivity index (χ1n) is 3.34. The van der Waals surface area contributed by atoms with Crippen molar-refractivity contribution in [1.29, 1.82) is 0 Å². The quantitative estimate of drug-likeness (QED) is 0.565. The smallest absolute Gasteiger partial charge is 0.325 e. The second-order valence-electron chi connectivity index (χ2n) is 2.27. The van der Waals surface area contributed by atoms with Gasteiger partial charge in [-0.2, -0.15) is 5.90 Å². The summed E-state index contributed by atoms with van der Waals surface area (Å²) in [5.41, 5.74) is 0. The Bertz CT molecular complexity index is 169. The summed E-state index contributed by atoms with van der Waals surface area (Å²) in [7, 11) is 3.14. The molecule has 0 aromatic rings. The molecule has 0 spiro atoms. The second kappa shape index (κ2) is 5.50. The normalized spacial score (nSPS) is 9.67. The Morgan fingerprint density at radius 3 is 2.17 bits per heavy atom. The van der Waals surface area contributed by atoms with Crippen molar-refractivity contribution in [2.24, 2.45) is 5.90 Å². The number of carbonyl (C=O) groups is 2. The fourth-order valence-electron chi connectivity index (χ4n) is 0.512. The van der Waals surface area contributed by atoms with Gasteiger partial charge < -0.3 is 9.68 Å². The third kappa shape index (κ3) is 5.63. The van der Waals surface area contributed by atoms with E-state index in [1.165, 1.54) is 5.06 Å². The van der Waals surface area contributed by atoms with Crippen LogP contribution in [0.4, 0.5) is 0 Å². The minimum absolute atomic E-state index is 0.0335. The molecule has 0 aromatic heterocycles. The van der Waals surface area contributed by atoms with Gasteiger partial charge in [0.25, 0.3) is 0 Å². The van der Waals surface area contributed by atoms with Gasteiger partial charge >= 0.3 is 11.9 Å². The maximum absolute atomic E-state index is 10.8. The first-order valence-corrected chi connectivity index (χ1v) is 3.34. The Hall–Kier alpha value is -1.14. The first kappa shape index (κ1) is 10.9. The van der Waals surface area contributed by atoms with Gasteiger partial charge in [0.1, 0.15) is 0 Å². The molecular formula is C6H12N2O4. The van der Waals surface area contributed by atoms with Gasteiger partial charge in [-0.15, -0.1) is 5.06 Å². The van der Waals surface area contributed by atoms with E-state index in [4.69, 9.17) is 0 Å². The molecule has 0 radical (unpaired) electrons. The summed E-state index contributed by atoms with van der Waals surface area (Å²) >= 11 is 0. The van der Waals surface area contributed by atoms with Gasteiger partial charge in [0.2, 0.25) is 0 Å². The van der Waals surface area contributed by atoms with Crippen LogP contribution in [-0.2, 0) is 19.3 Å². The Morgan fingerprint density at radius 1 is 1.25 bits per heavy atom.